The van der Waals surface area contributed by atoms with Gasteiger partial charge in [-0.05, 0) is 19.4 Å². The molecule has 0 unspecified atom stereocenters. The Hall–Kier alpha value is -2.76. The van der Waals surface area contributed by atoms with Gasteiger partial charge in [-0.2, -0.15) is 0 Å². The van der Waals surface area contributed by atoms with Crippen molar-refractivity contribution in [2.75, 3.05) is 26.2 Å². The molecule has 6 heteroatoms. The Labute approximate surface area is 147 Å². The molecule has 0 saturated carbocycles. The number of hydrogen-bond donors (Lipinski definition) is 0. The SMILES string of the molecule is CC(C)(C(=O)N1CCN(C(=O)c2cnccn2)CC1)c1ccccc1. The first-order valence-corrected chi connectivity index (χ1v) is 8.40. The van der Waals surface area contributed by atoms with Crippen molar-refractivity contribution in [3.63, 3.8) is 0 Å². The van der Waals surface area contributed by atoms with Gasteiger partial charge in [-0.25, -0.2) is 4.98 Å². The zero-order valence-corrected chi connectivity index (χ0v) is 14.6. The van der Waals surface area contributed by atoms with Gasteiger partial charge in [0.05, 0.1) is 11.6 Å². The monoisotopic (exact) mass is 338 g/mol. The molecule has 1 saturated heterocycles. The lowest BCUT2D eigenvalue weighted by Gasteiger charge is -2.38. The van der Waals surface area contributed by atoms with Crippen LogP contribution < -0.4 is 0 Å². The molecule has 2 aromatic rings. The maximum Gasteiger partial charge on any atom is 0.274 e. The molecule has 1 aromatic heterocycles. The van der Waals surface area contributed by atoms with Crippen LogP contribution in [0.1, 0.15) is 29.9 Å². The van der Waals surface area contributed by atoms with Crippen LogP contribution >= 0.6 is 0 Å². The quantitative estimate of drug-likeness (QED) is 0.855. The molecule has 0 N–H and O–H groups in total. The number of rotatable bonds is 3. The molecule has 1 aromatic carbocycles. The van der Waals surface area contributed by atoms with Crippen LogP contribution in [0.15, 0.2) is 48.9 Å². The van der Waals surface area contributed by atoms with Gasteiger partial charge >= 0.3 is 0 Å². The lowest BCUT2D eigenvalue weighted by Crippen LogP contribution is -2.54. The zero-order chi connectivity index (χ0) is 17.9. The van der Waals surface area contributed by atoms with E-state index in [1.807, 2.05) is 49.1 Å². The molecule has 0 atom stereocenters. The fourth-order valence-corrected chi connectivity index (χ4v) is 3.06. The van der Waals surface area contributed by atoms with Crippen LogP contribution in [0.2, 0.25) is 0 Å². The summed E-state index contributed by atoms with van der Waals surface area (Å²) in [6.45, 7) is 5.96. The number of piperazine rings is 1. The van der Waals surface area contributed by atoms with E-state index in [4.69, 9.17) is 0 Å². The number of aromatic nitrogens is 2. The molecule has 0 aliphatic carbocycles. The summed E-state index contributed by atoms with van der Waals surface area (Å²) in [6.07, 6.45) is 4.52. The van der Waals surface area contributed by atoms with Crippen molar-refractivity contribution in [1.29, 1.82) is 0 Å². The van der Waals surface area contributed by atoms with E-state index in [1.165, 1.54) is 12.4 Å². The maximum absolute atomic E-state index is 13.0. The highest BCUT2D eigenvalue weighted by atomic mass is 16.2. The second-order valence-electron chi connectivity index (χ2n) is 6.67. The van der Waals surface area contributed by atoms with Gasteiger partial charge in [-0.1, -0.05) is 30.3 Å². The summed E-state index contributed by atoms with van der Waals surface area (Å²) in [5, 5.41) is 0. The Bertz CT molecular complexity index is 739. The van der Waals surface area contributed by atoms with E-state index in [1.54, 1.807) is 11.1 Å². The summed E-state index contributed by atoms with van der Waals surface area (Å²) in [6, 6.07) is 9.79. The highest BCUT2D eigenvalue weighted by Gasteiger charge is 2.35. The Morgan fingerprint density at radius 2 is 1.60 bits per heavy atom. The average molecular weight is 338 g/mol. The Balaban J connectivity index is 1.64. The summed E-state index contributed by atoms with van der Waals surface area (Å²) in [5.74, 6) is -0.0483. The number of carbonyl (C=O) groups excluding carboxylic acids is 2. The second-order valence-corrected chi connectivity index (χ2v) is 6.67. The van der Waals surface area contributed by atoms with E-state index in [-0.39, 0.29) is 11.8 Å². The van der Waals surface area contributed by atoms with Gasteiger partial charge < -0.3 is 9.80 Å². The number of hydrogen-bond acceptors (Lipinski definition) is 4. The van der Waals surface area contributed by atoms with Crippen molar-refractivity contribution in [2.24, 2.45) is 0 Å². The van der Waals surface area contributed by atoms with E-state index in [0.29, 0.717) is 31.9 Å². The molecule has 1 fully saturated rings. The largest absolute Gasteiger partial charge is 0.338 e. The lowest BCUT2D eigenvalue weighted by atomic mass is 9.83. The van der Waals surface area contributed by atoms with E-state index in [9.17, 15) is 9.59 Å². The molecule has 1 aliphatic rings. The number of nitrogens with zero attached hydrogens (tertiary/aromatic N) is 4. The molecule has 1 aliphatic heterocycles. The molecule has 25 heavy (non-hydrogen) atoms. The molecule has 0 radical (unpaired) electrons. The first-order valence-electron chi connectivity index (χ1n) is 8.40. The van der Waals surface area contributed by atoms with Crippen LogP contribution in [0.4, 0.5) is 0 Å². The summed E-state index contributed by atoms with van der Waals surface area (Å²) < 4.78 is 0. The van der Waals surface area contributed by atoms with Crippen molar-refractivity contribution in [3.8, 4) is 0 Å². The minimum Gasteiger partial charge on any atom is -0.338 e. The van der Waals surface area contributed by atoms with Crippen LogP contribution in [0.5, 0.6) is 0 Å². The van der Waals surface area contributed by atoms with E-state index in [0.717, 1.165) is 5.56 Å². The predicted molar refractivity (Wildman–Crippen MR) is 94.0 cm³/mol. The molecule has 2 amide bonds. The normalized spacial score (nSPS) is 15.1. The fraction of sp³-hybridized carbons (Fsp3) is 0.368. The number of amides is 2. The Kier molecular flexibility index (Phi) is 4.79. The molecule has 6 nitrogen and oxygen atoms in total. The maximum atomic E-state index is 13.0. The number of benzene rings is 1. The Morgan fingerprint density at radius 1 is 0.960 bits per heavy atom. The zero-order valence-electron chi connectivity index (χ0n) is 14.6. The predicted octanol–water partition coefficient (Wildman–Crippen LogP) is 1.74. The van der Waals surface area contributed by atoms with Gasteiger partial charge in [0.15, 0.2) is 0 Å². The van der Waals surface area contributed by atoms with Crippen LogP contribution in [0.25, 0.3) is 0 Å². The van der Waals surface area contributed by atoms with Crippen LogP contribution in [0, 0.1) is 0 Å². The third-order valence-electron chi connectivity index (χ3n) is 4.67. The van der Waals surface area contributed by atoms with Crippen LogP contribution in [0.3, 0.4) is 0 Å². The van der Waals surface area contributed by atoms with Crippen LogP contribution in [-0.2, 0) is 10.2 Å². The molecule has 130 valence electrons. The average Bonchev–Trinajstić information content (AvgIpc) is 2.68. The summed E-state index contributed by atoms with van der Waals surface area (Å²) >= 11 is 0. The molecule has 3 rings (SSSR count). The molecule has 0 bridgehead atoms. The highest BCUT2D eigenvalue weighted by Crippen LogP contribution is 2.26. The third-order valence-corrected chi connectivity index (χ3v) is 4.67. The van der Waals surface area contributed by atoms with Gasteiger partial charge in [-0.15, -0.1) is 0 Å². The van der Waals surface area contributed by atoms with Gasteiger partial charge in [0.25, 0.3) is 5.91 Å². The molecule has 0 spiro atoms. The molecular weight excluding hydrogens is 316 g/mol. The number of carbonyl (C=O) groups is 2. The highest BCUT2D eigenvalue weighted by molar-refractivity contribution is 5.92. The second kappa shape index (κ2) is 7.01. The standard InChI is InChI=1S/C19H22N4O2/c1-19(2,15-6-4-3-5-7-15)18(25)23-12-10-22(11-13-23)17(24)16-14-20-8-9-21-16/h3-9,14H,10-13H2,1-2H3. The lowest BCUT2D eigenvalue weighted by molar-refractivity contribution is -0.137. The van der Waals surface area contributed by atoms with Crippen molar-refractivity contribution in [3.05, 3.63) is 60.2 Å². The minimum atomic E-state index is -0.585. The summed E-state index contributed by atoms with van der Waals surface area (Å²) in [5.41, 5.74) is 0.753. The third kappa shape index (κ3) is 3.52. The van der Waals surface area contributed by atoms with Crippen molar-refractivity contribution in [1.82, 2.24) is 19.8 Å². The minimum absolute atomic E-state index is 0.0882. The van der Waals surface area contributed by atoms with Crippen molar-refractivity contribution in [2.45, 2.75) is 19.3 Å². The summed E-state index contributed by atoms with van der Waals surface area (Å²) in [7, 11) is 0. The smallest absolute Gasteiger partial charge is 0.274 e. The molecular formula is C19H22N4O2. The van der Waals surface area contributed by atoms with Crippen molar-refractivity contribution < 1.29 is 9.59 Å². The topological polar surface area (TPSA) is 66.4 Å². The van der Waals surface area contributed by atoms with Gasteiger partial charge in [0.1, 0.15) is 5.69 Å². The van der Waals surface area contributed by atoms with Gasteiger partial charge in [0, 0.05) is 38.6 Å². The van der Waals surface area contributed by atoms with Gasteiger partial charge in [0.2, 0.25) is 5.91 Å². The first-order chi connectivity index (χ1) is 12.0. The molecule has 2 heterocycles. The Morgan fingerprint density at radius 3 is 2.20 bits per heavy atom. The van der Waals surface area contributed by atoms with E-state index >= 15 is 0 Å². The summed E-state index contributed by atoms with van der Waals surface area (Å²) in [4.78, 5) is 36.9. The van der Waals surface area contributed by atoms with Crippen molar-refractivity contribution >= 4 is 11.8 Å². The van der Waals surface area contributed by atoms with E-state index in [2.05, 4.69) is 9.97 Å². The van der Waals surface area contributed by atoms with Crippen LogP contribution in [-0.4, -0.2) is 57.8 Å². The fourth-order valence-electron chi connectivity index (χ4n) is 3.06. The first kappa shape index (κ1) is 17.1. The van der Waals surface area contributed by atoms with E-state index < -0.39 is 5.41 Å². The van der Waals surface area contributed by atoms with Gasteiger partial charge in [-0.3, -0.25) is 14.6 Å².